The molecule has 0 radical (unpaired) electrons. The van der Waals surface area contributed by atoms with Crippen LogP contribution in [0.5, 0.6) is 5.75 Å². The van der Waals surface area contributed by atoms with Crippen molar-refractivity contribution in [2.24, 2.45) is 0 Å². The number of esters is 1. The third-order valence-corrected chi connectivity index (χ3v) is 7.66. The summed E-state index contributed by atoms with van der Waals surface area (Å²) in [5.41, 5.74) is 0. The number of hydrogen-bond donors (Lipinski definition) is 1. The quantitative estimate of drug-likeness (QED) is 0.284. The van der Waals surface area contributed by atoms with Crippen LogP contribution in [-0.2, 0) is 4.79 Å². The third-order valence-electron chi connectivity index (χ3n) is 4.77. The molecule has 29 heavy (non-hydrogen) atoms. The van der Waals surface area contributed by atoms with Crippen LogP contribution in [0.1, 0.15) is 39.0 Å². The van der Waals surface area contributed by atoms with Crippen LogP contribution in [-0.4, -0.2) is 10.5 Å². The van der Waals surface area contributed by atoms with Crippen molar-refractivity contribution in [1.29, 1.82) is 0 Å². The average molecular weight is 409 g/mol. The number of carbonyl (C=O) groups excluding carboxylic acids is 1. The average Bonchev–Trinajstić information content (AvgIpc) is 3.04. The Kier molecular flexibility index (Phi) is 7.50. The van der Waals surface area contributed by atoms with E-state index in [0.29, 0.717) is 12.2 Å². The van der Waals surface area contributed by atoms with Gasteiger partial charge in [-0.15, -0.1) is 0 Å². The van der Waals surface area contributed by atoms with Crippen molar-refractivity contribution >= 4 is 16.3 Å². The molecule has 0 bridgehead atoms. The van der Waals surface area contributed by atoms with E-state index in [-0.39, 0.29) is 5.97 Å². The highest BCUT2D eigenvalue weighted by Gasteiger charge is 2.29. The molecule has 1 aliphatic carbocycles. The van der Waals surface area contributed by atoms with Crippen molar-refractivity contribution in [3.8, 4) is 5.75 Å². The second-order valence-electron chi connectivity index (χ2n) is 6.93. The lowest BCUT2D eigenvalue weighted by Gasteiger charge is -2.36. The van der Waals surface area contributed by atoms with Gasteiger partial charge in [0.2, 0.25) is 0 Å². The number of unbranched alkanes of at least 4 members (excludes halogenated alkanes) is 2. The molecule has 1 atom stereocenters. The smallest absolute Gasteiger partial charge is 0.311 e. The molecule has 3 rings (SSSR count). The number of carbonyl (C=O) groups is 1. The van der Waals surface area contributed by atoms with Crippen molar-refractivity contribution in [2.45, 2.75) is 48.8 Å². The van der Waals surface area contributed by atoms with Crippen molar-refractivity contribution in [3.05, 3.63) is 89.9 Å². The standard InChI is InChI=1S/C25H28O3S/c1-2-3-7-16-25(26)28-21-17-19-24(20-18-21)29(27,23-14-10-6-11-15-23)22-12-8-4-5-9-13-22/h4-6,8,10-15,17-20,27H,2-3,7,9,16H2,1H3. The molecule has 1 N–H and O–H groups in total. The summed E-state index contributed by atoms with van der Waals surface area (Å²) in [6.07, 6.45) is 14.2. The first-order chi connectivity index (χ1) is 14.1. The van der Waals surface area contributed by atoms with E-state index in [1.807, 2.05) is 60.7 Å². The maximum Gasteiger partial charge on any atom is 0.311 e. The second-order valence-corrected chi connectivity index (χ2v) is 9.50. The van der Waals surface area contributed by atoms with Crippen molar-refractivity contribution in [1.82, 2.24) is 0 Å². The molecule has 0 aliphatic heterocycles. The SMILES string of the molecule is CCCCCC(=O)Oc1ccc(S(O)(C2=CCC=CC=C2)c2ccccc2)cc1. The van der Waals surface area contributed by atoms with E-state index in [1.54, 1.807) is 12.1 Å². The van der Waals surface area contributed by atoms with E-state index >= 15 is 0 Å². The third kappa shape index (κ3) is 5.28. The molecule has 0 spiro atoms. The minimum absolute atomic E-state index is 0.211. The van der Waals surface area contributed by atoms with Crippen LogP contribution in [0.3, 0.4) is 0 Å². The highest BCUT2D eigenvalue weighted by Crippen LogP contribution is 2.65. The Bertz CT molecular complexity index is 897. The van der Waals surface area contributed by atoms with Crippen LogP contribution < -0.4 is 4.74 Å². The first-order valence-electron chi connectivity index (χ1n) is 10.1. The lowest BCUT2D eigenvalue weighted by Crippen LogP contribution is -2.08. The zero-order valence-corrected chi connectivity index (χ0v) is 17.6. The van der Waals surface area contributed by atoms with Gasteiger partial charge >= 0.3 is 5.97 Å². The minimum Gasteiger partial charge on any atom is -0.427 e. The topological polar surface area (TPSA) is 46.5 Å². The van der Waals surface area contributed by atoms with Gasteiger partial charge in [-0.2, -0.15) is 0 Å². The molecule has 1 aliphatic rings. The van der Waals surface area contributed by atoms with E-state index in [0.717, 1.165) is 40.4 Å². The van der Waals surface area contributed by atoms with Crippen LogP contribution >= 0.6 is 10.3 Å². The van der Waals surface area contributed by atoms with E-state index < -0.39 is 10.3 Å². The van der Waals surface area contributed by atoms with Crippen molar-refractivity contribution in [2.75, 3.05) is 0 Å². The van der Waals surface area contributed by atoms with Crippen molar-refractivity contribution in [3.63, 3.8) is 0 Å². The van der Waals surface area contributed by atoms with Gasteiger partial charge in [0.25, 0.3) is 0 Å². The zero-order valence-electron chi connectivity index (χ0n) is 16.8. The Labute approximate surface area is 174 Å². The lowest BCUT2D eigenvalue weighted by atomic mass is 10.2. The summed E-state index contributed by atoms with van der Waals surface area (Å²) in [6.45, 7) is 2.11. The van der Waals surface area contributed by atoms with Gasteiger partial charge in [-0.1, -0.05) is 72.6 Å². The zero-order chi connectivity index (χ0) is 20.5. The number of rotatable bonds is 8. The van der Waals surface area contributed by atoms with Gasteiger partial charge in [-0.25, -0.2) is 0 Å². The Hall–Kier alpha value is -2.56. The molecule has 0 aromatic heterocycles. The molecule has 1 unspecified atom stereocenters. The van der Waals surface area contributed by atoms with Crippen LogP contribution in [0, 0.1) is 0 Å². The summed E-state index contributed by atoms with van der Waals surface area (Å²) in [5.74, 6) is 0.300. The molecule has 0 saturated heterocycles. The predicted octanol–water partition coefficient (Wildman–Crippen LogP) is 7.27. The molecule has 3 nitrogen and oxygen atoms in total. The highest BCUT2D eigenvalue weighted by atomic mass is 32.3. The molecular weight excluding hydrogens is 380 g/mol. The largest absolute Gasteiger partial charge is 0.427 e. The molecule has 2 aromatic carbocycles. The Morgan fingerprint density at radius 3 is 2.45 bits per heavy atom. The van der Waals surface area contributed by atoms with Gasteiger partial charge < -0.3 is 9.29 Å². The first-order valence-corrected chi connectivity index (χ1v) is 11.7. The molecule has 0 fully saturated rings. The molecule has 0 amide bonds. The summed E-state index contributed by atoms with van der Waals surface area (Å²) < 4.78 is 17.4. The van der Waals surface area contributed by atoms with Crippen LogP contribution in [0.4, 0.5) is 0 Å². The Balaban J connectivity index is 1.87. The van der Waals surface area contributed by atoms with Gasteiger partial charge in [-0.05, 0) is 55.3 Å². The molecular formula is C25H28O3S. The van der Waals surface area contributed by atoms with Gasteiger partial charge in [0.05, 0.1) is 0 Å². The van der Waals surface area contributed by atoms with E-state index in [1.165, 1.54) is 0 Å². The van der Waals surface area contributed by atoms with Gasteiger partial charge in [0, 0.05) is 21.1 Å². The Morgan fingerprint density at radius 1 is 1.00 bits per heavy atom. The van der Waals surface area contributed by atoms with E-state index in [2.05, 4.69) is 19.1 Å². The fraction of sp³-hybridized carbons (Fsp3) is 0.240. The number of ether oxygens (including phenoxy) is 1. The molecule has 0 heterocycles. The fourth-order valence-corrected chi connectivity index (χ4v) is 5.72. The molecule has 152 valence electrons. The minimum atomic E-state index is -2.39. The van der Waals surface area contributed by atoms with Gasteiger partial charge in [0.15, 0.2) is 0 Å². The maximum atomic E-state index is 12.0. The number of allylic oxidation sites excluding steroid dienone is 5. The maximum absolute atomic E-state index is 12.0. The second kappa shape index (κ2) is 10.3. The summed E-state index contributed by atoms with van der Waals surface area (Å²) in [5, 5.41) is 0. The normalized spacial score (nSPS) is 16.4. The molecule has 4 heteroatoms. The summed E-state index contributed by atoms with van der Waals surface area (Å²) in [4.78, 5) is 14.6. The fourth-order valence-electron chi connectivity index (χ4n) is 3.21. The first kappa shape index (κ1) is 21.2. The van der Waals surface area contributed by atoms with E-state index in [9.17, 15) is 9.35 Å². The van der Waals surface area contributed by atoms with Crippen molar-refractivity contribution < 1.29 is 14.1 Å². The van der Waals surface area contributed by atoms with Crippen LogP contribution in [0.25, 0.3) is 0 Å². The van der Waals surface area contributed by atoms with Gasteiger partial charge in [0.1, 0.15) is 5.75 Å². The predicted molar refractivity (Wildman–Crippen MR) is 120 cm³/mol. The molecule has 0 saturated carbocycles. The Morgan fingerprint density at radius 2 is 1.72 bits per heavy atom. The number of hydrogen-bond acceptors (Lipinski definition) is 3. The van der Waals surface area contributed by atoms with Crippen LogP contribution in [0.2, 0.25) is 0 Å². The molecule has 2 aromatic rings. The van der Waals surface area contributed by atoms with E-state index in [4.69, 9.17) is 4.74 Å². The highest BCUT2D eigenvalue weighted by molar-refractivity contribution is 8.32. The van der Waals surface area contributed by atoms with Crippen LogP contribution in [0.15, 0.2) is 99.7 Å². The lowest BCUT2D eigenvalue weighted by molar-refractivity contribution is -0.134. The summed E-state index contributed by atoms with van der Waals surface area (Å²) >= 11 is 0. The summed E-state index contributed by atoms with van der Waals surface area (Å²) in [6, 6.07) is 17.0. The monoisotopic (exact) mass is 408 g/mol. The summed E-state index contributed by atoms with van der Waals surface area (Å²) in [7, 11) is -2.39. The van der Waals surface area contributed by atoms with Gasteiger partial charge in [-0.3, -0.25) is 4.79 Å². The number of benzene rings is 2.